The molecule has 5 heteroatoms. The zero-order valence-corrected chi connectivity index (χ0v) is 14.2. The summed E-state index contributed by atoms with van der Waals surface area (Å²) in [6.07, 6.45) is 4.83. The summed E-state index contributed by atoms with van der Waals surface area (Å²) in [5.41, 5.74) is 7.56. The minimum absolute atomic E-state index is 0.261. The lowest BCUT2D eigenvalue weighted by molar-refractivity contribution is 0.1000. The fourth-order valence-corrected chi connectivity index (χ4v) is 3.07. The van der Waals surface area contributed by atoms with Crippen molar-refractivity contribution in [3.63, 3.8) is 0 Å². The molecule has 0 aliphatic heterocycles. The highest BCUT2D eigenvalue weighted by atomic mass is 16.5. The molecule has 0 heterocycles. The monoisotopic (exact) mass is 338 g/mol. The average molecular weight is 338 g/mol. The van der Waals surface area contributed by atoms with E-state index in [1.54, 1.807) is 18.2 Å². The molecular formula is C20H22N2O3. The van der Waals surface area contributed by atoms with E-state index in [2.05, 4.69) is 5.32 Å². The van der Waals surface area contributed by atoms with E-state index >= 15 is 0 Å². The minimum Gasteiger partial charge on any atom is -0.490 e. The minimum atomic E-state index is -0.558. The smallest absolute Gasteiger partial charge is 0.255 e. The summed E-state index contributed by atoms with van der Waals surface area (Å²) in [7, 11) is 0. The molecular weight excluding hydrogens is 316 g/mol. The summed E-state index contributed by atoms with van der Waals surface area (Å²) in [4.78, 5) is 23.8. The molecule has 1 saturated carbocycles. The first-order valence-corrected chi connectivity index (χ1v) is 8.52. The lowest BCUT2D eigenvalue weighted by Gasteiger charge is -2.17. The van der Waals surface area contributed by atoms with E-state index in [9.17, 15) is 9.59 Å². The number of primary amides is 1. The van der Waals surface area contributed by atoms with Crippen molar-refractivity contribution >= 4 is 17.5 Å². The van der Waals surface area contributed by atoms with Crippen molar-refractivity contribution in [2.75, 3.05) is 5.32 Å². The quantitative estimate of drug-likeness (QED) is 0.873. The third-order valence-corrected chi connectivity index (χ3v) is 4.54. The number of hydrogen-bond donors (Lipinski definition) is 2. The van der Waals surface area contributed by atoms with Crippen LogP contribution in [0.15, 0.2) is 42.5 Å². The summed E-state index contributed by atoms with van der Waals surface area (Å²) in [5, 5.41) is 2.89. The molecule has 2 aromatic carbocycles. The summed E-state index contributed by atoms with van der Waals surface area (Å²) < 4.78 is 6.07. The van der Waals surface area contributed by atoms with Crippen LogP contribution in [0, 0.1) is 6.92 Å². The Bertz CT molecular complexity index is 795. The Kier molecular flexibility index (Phi) is 5.03. The molecule has 0 aromatic heterocycles. The van der Waals surface area contributed by atoms with Crippen molar-refractivity contribution in [1.29, 1.82) is 0 Å². The summed E-state index contributed by atoms with van der Waals surface area (Å²) >= 11 is 0. The molecule has 2 aromatic rings. The van der Waals surface area contributed by atoms with Gasteiger partial charge in [-0.3, -0.25) is 9.59 Å². The standard InChI is InChI=1S/C20H22N2O3/c1-13-17(10-5-11-18(13)25-16-8-2-3-9-16)22-20(24)15-7-4-6-14(12-15)19(21)23/h4-7,10-12,16H,2-3,8-9H2,1H3,(H2,21,23)(H,22,24). The number of amides is 2. The second kappa shape index (κ2) is 7.38. The van der Waals surface area contributed by atoms with Gasteiger partial charge in [-0.25, -0.2) is 0 Å². The number of carbonyl (C=O) groups is 2. The molecule has 2 amide bonds. The highest BCUT2D eigenvalue weighted by Gasteiger charge is 2.18. The van der Waals surface area contributed by atoms with E-state index in [0.717, 1.165) is 24.2 Å². The average Bonchev–Trinajstić information content (AvgIpc) is 3.11. The van der Waals surface area contributed by atoms with Crippen LogP contribution in [0.1, 0.15) is 52.0 Å². The SMILES string of the molecule is Cc1c(NC(=O)c2cccc(C(N)=O)c2)cccc1OC1CCCC1. The van der Waals surface area contributed by atoms with Gasteiger partial charge >= 0.3 is 0 Å². The second-order valence-corrected chi connectivity index (χ2v) is 6.35. The van der Waals surface area contributed by atoms with Crippen molar-refractivity contribution in [2.45, 2.75) is 38.7 Å². The predicted molar refractivity (Wildman–Crippen MR) is 97.0 cm³/mol. The largest absolute Gasteiger partial charge is 0.490 e. The van der Waals surface area contributed by atoms with Crippen molar-refractivity contribution < 1.29 is 14.3 Å². The summed E-state index contributed by atoms with van der Waals surface area (Å²) in [6.45, 7) is 1.93. The van der Waals surface area contributed by atoms with Crippen LogP contribution in [0.2, 0.25) is 0 Å². The lowest BCUT2D eigenvalue weighted by Crippen LogP contribution is -2.16. The number of anilines is 1. The van der Waals surface area contributed by atoms with Gasteiger partial charge in [0.2, 0.25) is 5.91 Å². The van der Waals surface area contributed by atoms with Crippen LogP contribution < -0.4 is 15.8 Å². The highest BCUT2D eigenvalue weighted by Crippen LogP contribution is 2.30. The molecule has 3 N–H and O–H groups in total. The molecule has 5 nitrogen and oxygen atoms in total. The Labute approximate surface area is 147 Å². The van der Waals surface area contributed by atoms with Crippen LogP contribution in [0.3, 0.4) is 0 Å². The Balaban J connectivity index is 1.77. The van der Waals surface area contributed by atoms with E-state index < -0.39 is 5.91 Å². The van der Waals surface area contributed by atoms with Gasteiger partial charge in [0, 0.05) is 22.4 Å². The Morgan fingerprint density at radius 1 is 1.08 bits per heavy atom. The van der Waals surface area contributed by atoms with Gasteiger partial charge in [-0.05, 0) is 62.9 Å². The lowest BCUT2D eigenvalue weighted by atomic mass is 10.1. The third kappa shape index (κ3) is 3.99. The third-order valence-electron chi connectivity index (χ3n) is 4.54. The maximum atomic E-state index is 12.5. The Morgan fingerprint density at radius 3 is 2.48 bits per heavy atom. The van der Waals surface area contributed by atoms with Crippen LogP contribution in [-0.2, 0) is 0 Å². The first-order valence-electron chi connectivity index (χ1n) is 8.52. The topological polar surface area (TPSA) is 81.4 Å². The maximum Gasteiger partial charge on any atom is 0.255 e. The maximum absolute atomic E-state index is 12.5. The van der Waals surface area contributed by atoms with Gasteiger partial charge in [0.1, 0.15) is 5.75 Å². The Hall–Kier alpha value is -2.82. The van der Waals surface area contributed by atoms with Crippen LogP contribution in [0.4, 0.5) is 5.69 Å². The highest BCUT2D eigenvalue weighted by molar-refractivity contribution is 6.06. The molecule has 1 fully saturated rings. The summed E-state index contributed by atoms with van der Waals surface area (Å²) in [5.74, 6) is -0.0439. The fourth-order valence-electron chi connectivity index (χ4n) is 3.07. The number of rotatable bonds is 5. The van der Waals surface area contributed by atoms with E-state index in [0.29, 0.717) is 16.8 Å². The number of carbonyl (C=O) groups excluding carboxylic acids is 2. The Morgan fingerprint density at radius 2 is 1.76 bits per heavy atom. The number of benzene rings is 2. The zero-order chi connectivity index (χ0) is 17.8. The van der Waals surface area contributed by atoms with E-state index in [1.807, 2.05) is 25.1 Å². The molecule has 0 saturated heterocycles. The number of nitrogens with one attached hydrogen (secondary N) is 1. The molecule has 3 rings (SSSR count). The van der Waals surface area contributed by atoms with Crippen molar-refractivity contribution in [1.82, 2.24) is 0 Å². The molecule has 0 spiro atoms. The van der Waals surface area contributed by atoms with Gasteiger partial charge in [-0.15, -0.1) is 0 Å². The fraction of sp³-hybridized carbons (Fsp3) is 0.300. The van der Waals surface area contributed by atoms with Crippen LogP contribution in [0.5, 0.6) is 5.75 Å². The second-order valence-electron chi connectivity index (χ2n) is 6.35. The van der Waals surface area contributed by atoms with Gasteiger partial charge in [0.15, 0.2) is 0 Å². The first-order chi connectivity index (χ1) is 12.0. The van der Waals surface area contributed by atoms with Gasteiger partial charge in [-0.1, -0.05) is 12.1 Å². The summed E-state index contributed by atoms with van der Waals surface area (Å²) in [6, 6.07) is 12.0. The number of hydrogen-bond acceptors (Lipinski definition) is 3. The van der Waals surface area contributed by atoms with Crippen molar-refractivity contribution in [3.8, 4) is 5.75 Å². The van der Waals surface area contributed by atoms with Gasteiger partial charge < -0.3 is 15.8 Å². The number of ether oxygens (including phenoxy) is 1. The molecule has 130 valence electrons. The molecule has 1 aliphatic carbocycles. The number of nitrogens with two attached hydrogens (primary N) is 1. The molecule has 0 radical (unpaired) electrons. The van der Waals surface area contributed by atoms with E-state index in [4.69, 9.17) is 10.5 Å². The van der Waals surface area contributed by atoms with E-state index in [-0.39, 0.29) is 12.0 Å². The predicted octanol–water partition coefficient (Wildman–Crippen LogP) is 3.67. The van der Waals surface area contributed by atoms with Gasteiger partial charge in [0.05, 0.1) is 6.10 Å². The molecule has 0 unspecified atom stereocenters. The van der Waals surface area contributed by atoms with Crippen LogP contribution >= 0.6 is 0 Å². The molecule has 0 atom stereocenters. The van der Waals surface area contributed by atoms with Gasteiger partial charge in [-0.2, -0.15) is 0 Å². The molecule has 0 bridgehead atoms. The van der Waals surface area contributed by atoms with Crippen molar-refractivity contribution in [3.05, 3.63) is 59.2 Å². The first kappa shape index (κ1) is 17.0. The van der Waals surface area contributed by atoms with Crippen LogP contribution in [-0.4, -0.2) is 17.9 Å². The van der Waals surface area contributed by atoms with E-state index in [1.165, 1.54) is 18.9 Å². The van der Waals surface area contributed by atoms with Gasteiger partial charge in [0.25, 0.3) is 5.91 Å². The van der Waals surface area contributed by atoms with Crippen molar-refractivity contribution in [2.24, 2.45) is 5.73 Å². The molecule has 25 heavy (non-hydrogen) atoms. The molecule has 1 aliphatic rings. The zero-order valence-electron chi connectivity index (χ0n) is 14.2. The van der Waals surface area contributed by atoms with Crippen LogP contribution in [0.25, 0.3) is 0 Å². The normalized spacial score (nSPS) is 14.3.